The van der Waals surface area contributed by atoms with Crippen molar-refractivity contribution < 1.29 is 18.5 Å². The summed E-state index contributed by atoms with van der Waals surface area (Å²) in [7, 11) is 0. The zero-order valence-corrected chi connectivity index (χ0v) is 9.81. The minimum absolute atomic E-state index is 0.291. The number of hydrogen-bond acceptors (Lipinski definition) is 4. The summed E-state index contributed by atoms with van der Waals surface area (Å²) >= 11 is 0. The number of halogens is 2. The first kappa shape index (κ1) is 14.5. The molecule has 0 aromatic heterocycles. The first-order valence-electron chi connectivity index (χ1n) is 5.24. The van der Waals surface area contributed by atoms with E-state index in [0.717, 1.165) is 0 Å². The zero-order chi connectivity index (χ0) is 14.6. The van der Waals surface area contributed by atoms with Crippen LogP contribution in [0.5, 0.6) is 0 Å². The lowest BCUT2D eigenvalue weighted by atomic mass is 10.1. The van der Waals surface area contributed by atoms with Crippen LogP contribution >= 0.6 is 0 Å². The largest absolute Gasteiger partial charge is 0.336 e. The van der Waals surface area contributed by atoms with Crippen molar-refractivity contribution >= 4 is 11.6 Å². The second kappa shape index (κ2) is 5.86. The Morgan fingerprint density at radius 1 is 1.53 bits per heavy atom. The number of nitro benzene ring substituents is 1. The van der Waals surface area contributed by atoms with Crippen molar-refractivity contribution in [1.29, 1.82) is 5.26 Å². The number of nitriles is 1. The molecule has 1 aromatic rings. The zero-order valence-electron chi connectivity index (χ0n) is 9.81. The van der Waals surface area contributed by atoms with E-state index in [1.54, 1.807) is 13.0 Å². The van der Waals surface area contributed by atoms with Crippen LogP contribution in [-0.4, -0.2) is 16.9 Å². The van der Waals surface area contributed by atoms with Gasteiger partial charge in [0.15, 0.2) is 0 Å². The van der Waals surface area contributed by atoms with Crippen molar-refractivity contribution in [3.63, 3.8) is 0 Å². The first-order valence-corrected chi connectivity index (χ1v) is 5.24. The topological polar surface area (TPSA) is 96.0 Å². The van der Waals surface area contributed by atoms with E-state index in [2.05, 4.69) is 5.32 Å². The molecule has 6 nitrogen and oxygen atoms in total. The van der Waals surface area contributed by atoms with Crippen LogP contribution in [0.25, 0.3) is 0 Å². The van der Waals surface area contributed by atoms with Gasteiger partial charge in [-0.15, -0.1) is 0 Å². The average molecular weight is 269 g/mol. The quantitative estimate of drug-likeness (QED) is 0.667. The molecule has 0 saturated heterocycles. The number of benzene rings is 1. The van der Waals surface area contributed by atoms with Crippen LogP contribution < -0.4 is 5.32 Å². The van der Waals surface area contributed by atoms with Gasteiger partial charge in [-0.1, -0.05) is 6.92 Å². The van der Waals surface area contributed by atoms with Crippen molar-refractivity contribution in [2.24, 2.45) is 0 Å². The van der Waals surface area contributed by atoms with Gasteiger partial charge in [-0.3, -0.25) is 14.9 Å². The third-order valence-corrected chi connectivity index (χ3v) is 2.35. The number of nitro groups is 1. The number of hydrogen-bond donors (Lipinski definition) is 1. The first-order chi connectivity index (χ1) is 8.90. The molecule has 0 aliphatic rings. The normalized spacial score (nSPS) is 11.5. The van der Waals surface area contributed by atoms with Crippen LogP contribution in [0, 0.1) is 33.1 Å². The Bertz CT molecular complexity index is 569. The summed E-state index contributed by atoms with van der Waals surface area (Å²) in [4.78, 5) is 20.9. The second-order valence-electron chi connectivity index (χ2n) is 3.60. The second-order valence-corrected chi connectivity index (χ2v) is 3.60. The molecule has 0 bridgehead atoms. The SMILES string of the molecule is CCC(C#N)NC(=O)c1cc(F)c([N+](=O)[O-])cc1F. The molecule has 8 heteroatoms. The maximum atomic E-state index is 13.5. The van der Waals surface area contributed by atoms with E-state index in [1.165, 1.54) is 0 Å². The fourth-order valence-corrected chi connectivity index (χ4v) is 1.31. The molecular formula is C11H9F2N3O3. The molecule has 0 radical (unpaired) electrons. The average Bonchev–Trinajstić information content (AvgIpc) is 2.37. The Morgan fingerprint density at radius 2 is 2.16 bits per heavy atom. The van der Waals surface area contributed by atoms with Gasteiger partial charge in [0.1, 0.15) is 11.9 Å². The molecule has 0 heterocycles. The number of rotatable bonds is 4. The molecule has 0 aliphatic heterocycles. The summed E-state index contributed by atoms with van der Waals surface area (Å²) in [5, 5.41) is 21.2. The van der Waals surface area contributed by atoms with Crippen molar-refractivity contribution in [1.82, 2.24) is 5.32 Å². The van der Waals surface area contributed by atoms with Gasteiger partial charge in [-0.25, -0.2) is 4.39 Å². The summed E-state index contributed by atoms with van der Waals surface area (Å²) in [6.45, 7) is 1.63. The minimum atomic E-state index is -1.32. The molecular weight excluding hydrogens is 260 g/mol. The van der Waals surface area contributed by atoms with E-state index in [9.17, 15) is 23.7 Å². The van der Waals surface area contributed by atoms with E-state index in [1.807, 2.05) is 0 Å². The van der Waals surface area contributed by atoms with Crippen molar-refractivity contribution in [3.8, 4) is 6.07 Å². The van der Waals surface area contributed by atoms with Crippen LogP contribution in [0.4, 0.5) is 14.5 Å². The van der Waals surface area contributed by atoms with Gasteiger partial charge in [0.25, 0.3) is 5.91 Å². The Morgan fingerprint density at radius 3 is 2.63 bits per heavy atom. The van der Waals surface area contributed by atoms with Crippen LogP contribution in [0.15, 0.2) is 12.1 Å². The maximum absolute atomic E-state index is 13.5. The minimum Gasteiger partial charge on any atom is -0.336 e. The molecule has 100 valence electrons. The lowest BCUT2D eigenvalue weighted by Crippen LogP contribution is -2.33. The molecule has 0 spiro atoms. The highest BCUT2D eigenvalue weighted by Crippen LogP contribution is 2.21. The third-order valence-electron chi connectivity index (χ3n) is 2.35. The van der Waals surface area contributed by atoms with Gasteiger partial charge >= 0.3 is 5.69 Å². The van der Waals surface area contributed by atoms with Crippen LogP contribution in [-0.2, 0) is 0 Å². The number of nitrogens with one attached hydrogen (secondary N) is 1. The molecule has 0 aliphatic carbocycles. The summed E-state index contributed by atoms with van der Waals surface area (Å²) in [5.41, 5.74) is -1.74. The Kier molecular flexibility index (Phi) is 4.47. The van der Waals surface area contributed by atoms with Crippen molar-refractivity contribution in [2.45, 2.75) is 19.4 Å². The van der Waals surface area contributed by atoms with Crippen LogP contribution in [0.2, 0.25) is 0 Å². The molecule has 1 amide bonds. The van der Waals surface area contributed by atoms with Gasteiger partial charge in [-0.2, -0.15) is 9.65 Å². The van der Waals surface area contributed by atoms with Gasteiger partial charge < -0.3 is 5.32 Å². The molecule has 1 aromatic carbocycles. The Labute approximate surface area is 106 Å². The van der Waals surface area contributed by atoms with E-state index in [0.29, 0.717) is 18.6 Å². The number of nitrogens with zero attached hydrogens (tertiary/aromatic N) is 2. The smallest absolute Gasteiger partial charge is 0.307 e. The highest BCUT2D eigenvalue weighted by atomic mass is 19.1. The van der Waals surface area contributed by atoms with E-state index >= 15 is 0 Å². The molecule has 0 saturated carbocycles. The molecule has 1 N–H and O–H groups in total. The summed E-state index contributed by atoms with van der Waals surface area (Å²) in [6.07, 6.45) is 0.291. The van der Waals surface area contributed by atoms with E-state index in [-0.39, 0.29) is 0 Å². The maximum Gasteiger partial charge on any atom is 0.307 e. The summed E-state index contributed by atoms with van der Waals surface area (Å²) in [5.74, 6) is -3.54. The number of carbonyl (C=O) groups excluding carboxylic acids is 1. The summed E-state index contributed by atoms with van der Waals surface area (Å²) in [6, 6.07) is 1.69. The van der Waals surface area contributed by atoms with Gasteiger partial charge in [0.2, 0.25) is 5.82 Å². The third kappa shape index (κ3) is 3.22. The number of amides is 1. The molecule has 0 fully saturated rings. The molecule has 19 heavy (non-hydrogen) atoms. The fraction of sp³-hybridized carbons (Fsp3) is 0.273. The highest BCUT2D eigenvalue weighted by Gasteiger charge is 2.23. The van der Waals surface area contributed by atoms with Gasteiger partial charge in [0, 0.05) is 0 Å². The Hall–Kier alpha value is -2.56. The molecule has 1 rings (SSSR count). The Balaban J connectivity index is 3.09. The van der Waals surface area contributed by atoms with Gasteiger partial charge in [0.05, 0.1) is 22.6 Å². The van der Waals surface area contributed by atoms with Crippen molar-refractivity contribution in [3.05, 3.63) is 39.4 Å². The monoisotopic (exact) mass is 269 g/mol. The fourth-order valence-electron chi connectivity index (χ4n) is 1.31. The van der Waals surface area contributed by atoms with E-state index in [4.69, 9.17) is 5.26 Å². The lowest BCUT2D eigenvalue weighted by Gasteiger charge is -2.09. The van der Waals surface area contributed by atoms with Crippen LogP contribution in [0.3, 0.4) is 0 Å². The van der Waals surface area contributed by atoms with Crippen LogP contribution in [0.1, 0.15) is 23.7 Å². The lowest BCUT2D eigenvalue weighted by molar-refractivity contribution is -0.387. The predicted octanol–water partition coefficient (Wildman–Crippen LogP) is 1.90. The van der Waals surface area contributed by atoms with E-state index < -0.39 is 39.8 Å². The van der Waals surface area contributed by atoms with Crippen molar-refractivity contribution in [2.75, 3.05) is 0 Å². The predicted molar refractivity (Wildman–Crippen MR) is 60.2 cm³/mol. The number of carbonyl (C=O) groups is 1. The molecule has 1 atom stereocenters. The highest BCUT2D eigenvalue weighted by molar-refractivity contribution is 5.95. The standard InChI is InChI=1S/C11H9F2N3O3/c1-2-6(5-14)15-11(17)7-3-9(13)10(16(18)19)4-8(7)12/h3-4,6H,2H2,1H3,(H,15,17). The summed E-state index contributed by atoms with van der Waals surface area (Å²) < 4.78 is 26.8. The van der Waals surface area contributed by atoms with Gasteiger partial charge in [-0.05, 0) is 12.5 Å². The molecule has 1 unspecified atom stereocenters.